The van der Waals surface area contributed by atoms with E-state index in [0.29, 0.717) is 5.56 Å². The molecule has 0 amide bonds. The Morgan fingerprint density at radius 2 is 1.93 bits per heavy atom. The van der Waals surface area contributed by atoms with Crippen molar-refractivity contribution in [1.29, 1.82) is 0 Å². The number of ether oxygens (including phenoxy) is 1. The van der Waals surface area contributed by atoms with Crippen LogP contribution in [0.3, 0.4) is 0 Å². The molecule has 4 nitrogen and oxygen atoms in total. The first-order chi connectivity index (χ1) is 7.06. The molecule has 15 heavy (non-hydrogen) atoms. The molecule has 0 spiro atoms. The molecule has 80 valence electrons. The molecule has 1 rings (SSSR count). The lowest BCUT2D eigenvalue weighted by atomic mass is 10.0. The van der Waals surface area contributed by atoms with E-state index in [9.17, 15) is 9.90 Å². The second-order valence-corrected chi connectivity index (χ2v) is 3.01. The van der Waals surface area contributed by atoms with E-state index >= 15 is 0 Å². The van der Waals surface area contributed by atoms with Gasteiger partial charge in [-0.25, -0.2) is 4.79 Å². The molecule has 0 fully saturated rings. The molecule has 2 N–H and O–H groups in total. The largest absolute Gasteiger partial charge is 0.508 e. The normalized spacial score (nSPS) is 11.9. The van der Waals surface area contributed by atoms with Crippen LogP contribution in [0.25, 0.3) is 0 Å². The highest BCUT2D eigenvalue weighted by molar-refractivity contribution is 5.88. The molecule has 0 radical (unpaired) electrons. The molecule has 1 atom stereocenters. The van der Waals surface area contributed by atoms with Crippen molar-refractivity contribution < 1.29 is 19.7 Å². The van der Waals surface area contributed by atoms with Gasteiger partial charge in [-0.1, -0.05) is 18.7 Å². The van der Waals surface area contributed by atoms with E-state index in [2.05, 4.69) is 11.3 Å². The topological polar surface area (TPSA) is 66.8 Å². The van der Waals surface area contributed by atoms with Crippen LogP contribution in [0.15, 0.2) is 36.4 Å². The summed E-state index contributed by atoms with van der Waals surface area (Å²) in [5.41, 5.74) is 0.436. The maximum Gasteiger partial charge on any atom is 0.336 e. The Morgan fingerprint density at radius 1 is 1.40 bits per heavy atom. The number of hydrogen-bond acceptors (Lipinski definition) is 4. The van der Waals surface area contributed by atoms with E-state index in [-0.39, 0.29) is 11.3 Å². The van der Waals surface area contributed by atoms with Crippen LogP contribution in [0.4, 0.5) is 0 Å². The van der Waals surface area contributed by atoms with Crippen LogP contribution in [0.2, 0.25) is 0 Å². The lowest BCUT2D eigenvalue weighted by Crippen LogP contribution is -2.11. The zero-order valence-electron chi connectivity index (χ0n) is 8.30. The Hall–Kier alpha value is -1.81. The molecule has 0 saturated carbocycles. The molecule has 0 aliphatic rings. The smallest absolute Gasteiger partial charge is 0.336 e. The highest BCUT2D eigenvalue weighted by Gasteiger charge is 2.18. The minimum atomic E-state index is -1.11. The van der Waals surface area contributed by atoms with E-state index < -0.39 is 12.1 Å². The van der Waals surface area contributed by atoms with Gasteiger partial charge >= 0.3 is 5.97 Å². The van der Waals surface area contributed by atoms with Crippen molar-refractivity contribution in [2.75, 3.05) is 7.11 Å². The standard InChI is InChI=1S/C11H12O4/c1-7(11(14)15-2)10(13)8-3-5-9(12)6-4-8/h3-6,10,12-13H,1H2,2H3/t10-/m0/s1. The number of phenols is 1. The van der Waals surface area contributed by atoms with Crippen LogP contribution >= 0.6 is 0 Å². The van der Waals surface area contributed by atoms with Crippen molar-refractivity contribution in [1.82, 2.24) is 0 Å². The van der Waals surface area contributed by atoms with Gasteiger partial charge in [0.2, 0.25) is 0 Å². The second-order valence-electron chi connectivity index (χ2n) is 3.01. The van der Waals surface area contributed by atoms with Crippen LogP contribution in [-0.2, 0) is 9.53 Å². The summed E-state index contributed by atoms with van der Waals surface area (Å²) in [7, 11) is 1.22. The van der Waals surface area contributed by atoms with Gasteiger partial charge < -0.3 is 14.9 Å². The highest BCUT2D eigenvalue weighted by Crippen LogP contribution is 2.22. The number of aliphatic hydroxyl groups excluding tert-OH is 1. The van der Waals surface area contributed by atoms with Crippen molar-refractivity contribution in [3.8, 4) is 5.75 Å². The summed E-state index contributed by atoms with van der Waals surface area (Å²) in [6, 6.07) is 5.86. The van der Waals surface area contributed by atoms with Crippen molar-refractivity contribution in [3.05, 3.63) is 42.0 Å². The number of hydrogen-bond donors (Lipinski definition) is 2. The third-order valence-corrected chi connectivity index (χ3v) is 1.99. The number of carbonyl (C=O) groups is 1. The Labute approximate surface area is 87.4 Å². The van der Waals surface area contributed by atoms with Gasteiger partial charge in [0.1, 0.15) is 11.9 Å². The average molecular weight is 208 g/mol. The van der Waals surface area contributed by atoms with Crippen molar-refractivity contribution >= 4 is 5.97 Å². The van der Waals surface area contributed by atoms with E-state index in [1.54, 1.807) is 0 Å². The van der Waals surface area contributed by atoms with E-state index in [1.807, 2.05) is 0 Å². The van der Waals surface area contributed by atoms with Crippen molar-refractivity contribution in [2.45, 2.75) is 6.10 Å². The first-order valence-corrected chi connectivity index (χ1v) is 4.30. The van der Waals surface area contributed by atoms with Gasteiger partial charge in [0.25, 0.3) is 0 Å². The van der Waals surface area contributed by atoms with Crippen molar-refractivity contribution in [2.24, 2.45) is 0 Å². The fourth-order valence-corrected chi connectivity index (χ4v) is 1.10. The number of carbonyl (C=O) groups excluding carboxylic acids is 1. The van der Waals surface area contributed by atoms with Crippen LogP contribution in [0.1, 0.15) is 11.7 Å². The van der Waals surface area contributed by atoms with Gasteiger partial charge in [0.15, 0.2) is 0 Å². The number of phenolic OH excluding ortho intramolecular Hbond substituents is 1. The monoisotopic (exact) mass is 208 g/mol. The van der Waals surface area contributed by atoms with Gasteiger partial charge in [0.05, 0.1) is 12.7 Å². The van der Waals surface area contributed by atoms with Crippen LogP contribution < -0.4 is 0 Å². The molecule has 4 heteroatoms. The summed E-state index contributed by atoms with van der Waals surface area (Å²) in [6.45, 7) is 3.44. The zero-order valence-corrected chi connectivity index (χ0v) is 8.30. The summed E-state index contributed by atoms with van der Waals surface area (Å²) in [5, 5.41) is 18.7. The summed E-state index contributed by atoms with van der Waals surface area (Å²) >= 11 is 0. The number of esters is 1. The molecule has 0 unspecified atom stereocenters. The predicted octanol–water partition coefficient (Wildman–Crippen LogP) is 1.15. The molecular weight excluding hydrogens is 196 g/mol. The molecular formula is C11H12O4. The fourth-order valence-electron chi connectivity index (χ4n) is 1.10. The summed E-state index contributed by atoms with van der Waals surface area (Å²) in [5.74, 6) is -0.565. The third-order valence-electron chi connectivity index (χ3n) is 1.99. The molecule has 0 aromatic heterocycles. The molecule has 1 aromatic carbocycles. The third kappa shape index (κ3) is 2.57. The quantitative estimate of drug-likeness (QED) is 0.577. The van der Waals surface area contributed by atoms with E-state index in [4.69, 9.17) is 5.11 Å². The number of methoxy groups -OCH3 is 1. The number of aliphatic hydroxyl groups is 1. The first-order valence-electron chi connectivity index (χ1n) is 4.30. The maximum atomic E-state index is 11.1. The van der Waals surface area contributed by atoms with Crippen LogP contribution in [0.5, 0.6) is 5.75 Å². The number of aromatic hydroxyl groups is 1. The Kier molecular flexibility index (Phi) is 3.46. The van der Waals surface area contributed by atoms with Crippen molar-refractivity contribution in [3.63, 3.8) is 0 Å². The van der Waals surface area contributed by atoms with E-state index in [1.165, 1.54) is 31.4 Å². The molecule has 0 saturated heterocycles. The molecule has 0 aliphatic heterocycles. The minimum Gasteiger partial charge on any atom is -0.508 e. The van der Waals surface area contributed by atoms with Gasteiger partial charge in [-0.15, -0.1) is 0 Å². The molecule has 1 aromatic rings. The van der Waals surface area contributed by atoms with Crippen LogP contribution in [0, 0.1) is 0 Å². The molecule has 0 aliphatic carbocycles. The van der Waals surface area contributed by atoms with Gasteiger partial charge in [0, 0.05) is 0 Å². The second kappa shape index (κ2) is 4.61. The average Bonchev–Trinajstić information content (AvgIpc) is 2.27. The maximum absolute atomic E-state index is 11.1. The zero-order chi connectivity index (χ0) is 11.4. The lowest BCUT2D eigenvalue weighted by molar-refractivity contribution is -0.137. The summed E-state index contributed by atoms with van der Waals surface area (Å²) in [6.07, 6.45) is -1.11. The highest BCUT2D eigenvalue weighted by atomic mass is 16.5. The van der Waals surface area contributed by atoms with Gasteiger partial charge in [-0.3, -0.25) is 0 Å². The predicted molar refractivity (Wildman–Crippen MR) is 54.2 cm³/mol. The molecule has 0 heterocycles. The fraction of sp³-hybridized carbons (Fsp3) is 0.182. The lowest BCUT2D eigenvalue weighted by Gasteiger charge is -2.11. The Balaban J connectivity index is 2.85. The van der Waals surface area contributed by atoms with Crippen LogP contribution in [-0.4, -0.2) is 23.3 Å². The van der Waals surface area contributed by atoms with Gasteiger partial charge in [-0.2, -0.15) is 0 Å². The van der Waals surface area contributed by atoms with Gasteiger partial charge in [-0.05, 0) is 17.7 Å². The summed E-state index contributed by atoms with van der Waals surface area (Å²) < 4.78 is 4.43. The SMILES string of the molecule is C=C(C(=O)OC)[C@H](O)c1ccc(O)cc1. The summed E-state index contributed by atoms with van der Waals surface area (Å²) in [4.78, 5) is 11.1. The number of benzene rings is 1. The van der Waals surface area contributed by atoms with E-state index in [0.717, 1.165) is 0 Å². The Morgan fingerprint density at radius 3 is 2.40 bits per heavy atom. The molecule has 0 bridgehead atoms. The minimum absolute atomic E-state index is 0.0387. The Bertz CT molecular complexity index is 367. The first kappa shape index (κ1) is 11.3. The number of rotatable bonds is 3.